The van der Waals surface area contributed by atoms with E-state index in [1.165, 1.54) is 0 Å². The molecule has 1 aromatic carbocycles. The summed E-state index contributed by atoms with van der Waals surface area (Å²) >= 11 is 0. The van der Waals surface area contributed by atoms with E-state index in [9.17, 15) is 36.5 Å². The molecule has 3 nitrogen and oxygen atoms in total. The molecule has 0 spiro atoms. The van der Waals surface area contributed by atoms with E-state index in [0.717, 1.165) is 6.92 Å². The first-order valence-corrected chi connectivity index (χ1v) is 4.38. The highest BCUT2D eigenvalue weighted by atomic mass is 19.4. The molecule has 9 heteroatoms. The first kappa shape index (κ1) is 14.3. The zero-order chi connectivity index (χ0) is 14.3. The van der Waals surface area contributed by atoms with Crippen molar-refractivity contribution in [1.29, 1.82) is 0 Å². The lowest BCUT2D eigenvalue weighted by atomic mass is 10.0. The van der Waals surface area contributed by atoms with Gasteiger partial charge in [0.1, 0.15) is 5.56 Å². The average molecular weight is 273 g/mol. The molecule has 0 saturated carbocycles. The summed E-state index contributed by atoms with van der Waals surface area (Å²) in [6, 6.07) is 0.0269. The molecule has 0 atom stereocenters. The minimum Gasteiger partial charge on any atom is -0.258 e. The molecule has 0 unspecified atom stereocenters. The molecule has 1 aromatic rings. The molecular weight excluding hydrogens is 268 g/mol. The van der Waals surface area contributed by atoms with Crippen molar-refractivity contribution in [3.63, 3.8) is 0 Å². The van der Waals surface area contributed by atoms with Crippen LogP contribution in [0.2, 0.25) is 0 Å². The second-order valence-corrected chi connectivity index (χ2v) is 3.44. The molecule has 0 radical (unpaired) electrons. The predicted octanol–water partition coefficient (Wildman–Crippen LogP) is 3.94. The third-order valence-electron chi connectivity index (χ3n) is 2.15. The van der Waals surface area contributed by atoms with Crippen LogP contribution in [0.3, 0.4) is 0 Å². The maximum atomic E-state index is 12.4. The summed E-state index contributed by atoms with van der Waals surface area (Å²) in [5.41, 5.74) is -5.49. The van der Waals surface area contributed by atoms with Gasteiger partial charge < -0.3 is 0 Å². The molecule has 0 saturated heterocycles. The first-order chi connectivity index (χ1) is 7.94. The normalized spacial score (nSPS) is 12.6. The number of rotatable bonds is 1. The molecule has 0 amide bonds. The van der Waals surface area contributed by atoms with Crippen molar-refractivity contribution in [3.8, 4) is 0 Å². The Labute approximate surface area is 96.2 Å². The van der Waals surface area contributed by atoms with E-state index in [4.69, 9.17) is 0 Å². The number of hydrogen-bond acceptors (Lipinski definition) is 2. The lowest BCUT2D eigenvalue weighted by Crippen LogP contribution is -2.14. The zero-order valence-electron chi connectivity index (χ0n) is 8.69. The van der Waals surface area contributed by atoms with Gasteiger partial charge in [0.15, 0.2) is 0 Å². The van der Waals surface area contributed by atoms with Gasteiger partial charge in [-0.15, -0.1) is 0 Å². The Morgan fingerprint density at radius 2 is 1.44 bits per heavy atom. The van der Waals surface area contributed by atoms with Crippen LogP contribution < -0.4 is 0 Å². The maximum Gasteiger partial charge on any atom is 0.423 e. The summed E-state index contributed by atoms with van der Waals surface area (Å²) in [6.07, 6.45) is -10.2. The Bertz CT molecular complexity index is 491. The molecule has 18 heavy (non-hydrogen) atoms. The summed E-state index contributed by atoms with van der Waals surface area (Å²) in [4.78, 5) is 9.04. The van der Waals surface area contributed by atoms with Gasteiger partial charge in [0.25, 0.3) is 5.69 Å². The number of nitrogens with zero attached hydrogens (tertiary/aromatic N) is 1. The number of alkyl halides is 6. The summed E-state index contributed by atoms with van der Waals surface area (Å²) < 4.78 is 74.5. The number of benzene rings is 1. The standard InChI is InChI=1S/C9H5F6NO2/c1-4-2-7(16(17)18)6(9(13,14)15)3-5(4)8(10,11)12/h2-3H,1H3. The molecule has 0 bridgehead atoms. The number of hydrogen-bond donors (Lipinski definition) is 0. The second kappa shape index (κ2) is 4.14. The fourth-order valence-corrected chi connectivity index (χ4v) is 1.38. The molecule has 0 heterocycles. The van der Waals surface area contributed by atoms with Crippen LogP contribution in [0.25, 0.3) is 0 Å². The predicted molar refractivity (Wildman–Crippen MR) is 47.8 cm³/mol. The minimum atomic E-state index is -5.23. The molecule has 0 aromatic heterocycles. The van der Waals surface area contributed by atoms with Gasteiger partial charge in [-0.25, -0.2) is 0 Å². The molecular formula is C9H5F6NO2. The van der Waals surface area contributed by atoms with E-state index in [0.29, 0.717) is 0 Å². The summed E-state index contributed by atoms with van der Waals surface area (Å²) in [7, 11) is 0. The fraction of sp³-hybridized carbons (Fsp3) is 0.333. The van der Waals surface area contributed by atoms with Crippen LogP contribution in [-0.4, -0.2) is 4.92 Å². The van der Waals surface area contributed by atoms with Gasteiger partial charge in [-0.1, -0.05) is 0 Å². The summed E-state index contributed by atoms with van der Waals surface area (Å²) in [5.74, 6) is 0. The van der Waals surface area contributed by atoms with Crippen molar-refractivity contribution < 1.29 is 31.3 Å². The maximum absolute atomic E-state index is 12.4. The Kier molecular flexibility index (Phi) is 3.28. The molecule has 0 aliphatic rings. The zero-order valence-corrected chi connectivity index (χ0v) is 8.69. The van der Waals surface area contributed by atoms with Crippen molar-refractivity contribution in [2.75, 3.05) is 0 Å². The minimum absolute atomic E-state index is 0.243. The SMILES string of the molecule is Cc1cc([N+](=O)[O-])c(C(F)(F)F)cc1C(F)(F)F. The fourth-order valence-electron chi connectivity index (χ4n) is 1.38. The Morgan fingerprint density at radius 1 is 1.00 bits per heavy atom. The van der Waals surface area contributed by atoms with Crippen LogP contribution in [0.4, 0.5) is 32.0 Å². The van der Waals surface area contributed by atoms with E-state index >= 15 is 0 Å². The summed E-state index contributed by atoms with van der Waals surface area (Å²) in [6.45, 7) is 0.857. The van der Waals surface area contributed by atoms with Crippen LogP contribution in [0.15, 0.2) is 12.1 Å². The Morgan fingerprint density at radius 3 is 1.78 bits per heavy atom. The molecule has 0 aliphatic carbocycles. The van der Waals surface area contributed by atoms with E-state index in [1.54, 1.807) is 0 Å². The van der Waals surface area contributed by atoms with Crippen LogP contribution in [-0.2, 0) is 12.4 Å². The van der Waals surface area contributed by atoms with Gasteiger partial charge in [-0.05, 0) is 18.6 Å². The van der Waals surface area contributed by atoms with Crippen LogP contribution >= 0.6 is 0 Å². The third-order valence-corrected chi connectivity index (χ3v) is 2.15. The second-order valence-electron chi connectivity index (χ2n) is 3.44. The lowest BCUT2D eigenvalue weighted by Gasteiger charge is -2.14. The van der Waals surface area contributed by atoms with Crippen molar-refractivity contribution in [2.45, 2.75) is 19.3 Å². The van der Waals surface area contributed by atoms with Crippen LogP contribution in [0, 0.1) is 17.0 Å². The van der Waals surface area contributed by atoms with Gasteiger partial charge in [-0.2, -0.15) is 26.3 Å². The number of aryl methyl sites for hydroxylation is 1. The van der Waals surface area contributed by atoms with Crippen molar-refractivity contribution in [3.05, 3.63) is 38.9 Å². The highest BCUT2D eigenvalue weighted by Crippen LogP contribution is 2.41. The van der Waals surface area contributed by atoms with Crippen molar-refractivity contribution in [1.82, 2.24) is 0 Å². The average Bonchev–Trinajstić information content (AvgIpc) is 2.12. The van der Waals surface area contributed by atoms with Gasteiger partial charge >= 0.3 is 12.4 Å². The third kappa shape index (κ3) is 2.71. The quantitative estimate of drug-likeness (QED) is 0.442. The molecule has 0 N–H and O–H groups in total. The van der Waals surface area contributed by atoms with Gasteiger partial charge in [0, 0.05) is 6.07 Å². The number of nitro groups is 1. The highest BCUT2D eigenvalue weighted by molar-refractivity contribution is 5.49. The number of halogens is 6. The van der Waals surface area contributed by atoms with Crippen LogP contribution in [0.5, 0.6) is 0 Å². The smallest absolute Gasteiger partial charge is 0.258 e. The van der Waals surface area contributed by atoms with Gasteiger partial charge in [0.05, 0.1) is 10.5 Å². The van der Waals surface area contributed by atoms with E-state index in [-0.39, 0.29) is 12.1 Å². The van der Waals surface area contributed by atoms with Crippen LogP contribution in [0.1, 0.15) is 16.7 Å². The highest BCUT2D eigenvalue weighted by Gasteiger charge is 2.42. The van der Waals surface area contributed by atoms with Crippen molar-refractivity contribution >= 4 is 5.69 Å². The van der Waals surface area contributed by atoms with Gasteiger partial charge in [0.2, 0.25) is 0 Å². The lowest BCUT2D eigenvalue weighted by molar-refractivity contribution is -0.388. The Balaban J connectivity index is 3.62. The monoisotopic (exact) mass is 273 g/mol. The van der Waals surface area contributed by atoms with E-state index in [2.05, 4.69) is 0 Å². The Hall–Kier alpha value is -1.80. The van der Waals surface area contributed by atoms with Gasteiger partial charge in [-0.3, -0.25) is 10.1 Å². The molecule has 100 valence electrons. The largest absolute Gasteiger partial charge is 0.423 e. The molecule has 0 aliphatic heterocycles. The topological polar surface area (TPSA) is 43.1 Å². The van der Waals surface area contributed by atoms with E-state index in [1.807, 2.05) is 0 Å². The molecule has 1 rings (SSSR count). The molecule has 0 fully saturated rings. The summed E-state index contributed by atoms with van der Waals surface area (Å²) in [5, 5.41) is 10.4. The first-order valence-electron chi connectivity index (χ1n) is 4.38. The van der Waals surface area contributed by atoms with Crippen molar-refractivity contribution in [2.24, 2.45) is 0 Å². The van der Waals surface area contributed by atoms with E-state index < -0.39 is 39.7 Å². The number of nitro benzene ring substituents is 1.